The number of hydrogen-bond acceptors (Lipinski definition) is 6. The lowest BCUT2D eigenvalue weighted by Gasteiger charge is -2.15. The van der Waals surface area contributed by atoms with Crippen molar-refractivity contribution in [3.8, 4) is 0 Å². The lowest BCUT2D eigenvalue weighted by atomic mass is 10.1. The number of ether oxygens (including phenoxy) is 1. The van der Waals surface area contributed by atoms with Crippen LogP contribution in [0.15, 0.2) is 48.5 Å². The third-order valence-corrected chi connectivity index (χ3v) is 6.25. The number of rotatable bonds is 5. The Kier molecular flexibility index (Phi) is 5.69. The van der Waals surface area contributed by atoms with Crippen molar-refractivity contribution < 1.29 is 27.5 Å². The van der Waals surface area contributed by atoms with Crippen molar-refractivity contribution >= 4 is 39.2 Å². The van der Waals surface area contributed by atoms with E-state index in [0.717, 1.165) is 4.31 Å². The van der Waals surface area contributed by atoms with Crippen LogP contribution in [0, 0.1) is 5.92 Å². The van der Waals surface area contributed by atoms with Crippen LogP contribution in [0.5, 0.6) is 0 Å². The number of hydrogen-bond donors (Lipinski definition) is 1. The molecule has 2 amide bonds. The van der Waals surface area contributed by atoms with Gasteiger partial charge in [-0.3, -0.25) is 9.59 Å². The van der Waals surface area contributed by atoms with Crippen molar-refractivity contribution in [1.29, 1.82) is 0 Å². The summed E-state index contributed by atoms with van der Waals surface area (Å²) in [7, 11) is -3.69. The fourth-order valence-electron chi connectivity index (χ4n) is 2.94. The highest BCUT2D eigenvalue weighted by Crippen LogP contribution is 2.28. The highest BCUT2D eigenvalue weighted by Gasteiger charge is 2.41. The van der Waals surface area contributed by atoms with Crippen LogP contribution >= 0.6 is 0 Å². The van der Waals surface area contributed by atoms with E-state index in [4.69, 9.17) is 4.74 Å². The average molecular weight is 416 g/mol. The van der Waals surface area contributed by atoms with Crippen molar-refractivity contribution in [1.82, 2.24) is 0 Å². The summed E-state index contributed by atoms with van der Waals surface area (Å²) >= 11 is 0. The molecule has 9 heteroatoms. The maximum Gasteiger partial charge on any atom is 0.338 e. The molecule has 1 heterocycles. The molecule has 152 valence electrons. The quantitative estimate of drug-likeness (QED) is 0.750. The van der Waals surface area contributed by atoms with Gasteiger partial charge in [-0.1, -0.05) is 6.92 Å². The predicted octanol–water partition coefficient (Wildman–Crippen LogP) is 2.43. The molecule has 2 aromatic carbocycles. The van der Waals surface area contributed by atoms with Gasteiger partial charge in [-0.05, 0) is 55.5 Å². The molecule has 1 aliphatic rings. The standard InChI is InChI=1S/C20H20N2O6S/c1-3-28-20(25)15-4-8-16(9-5-15)21-18(23)14-6-10-17(11-7-14)22-19(24)13(2)12-29(22,26)27/h4-11,13H,3,12H2,1-2H3,(H,21,23). The van der Waals surface area contributed by atoms with Crippen molar-refractivity contribution in [2.24, 2.45) is 5.92 Å². The Morgan fingerprint density at radius 2 is 1.66 bits per heavy atom. The van der Waals surface area contributed by atoms with Gasteiger partial charge in [0.2, 0.25) is 15.9 Å². The van der Waals surface area contributed by atoms with Gasteiger partial charge in [-0.15, -0.1) is 0 Å². The van der Waals surface area contributed by atoms with E-state index < -0.39 is 33.7 Å². The maximum atomic E-state index is 12.4. The highest BCUT2D eigenvalue weighted by atomic mass is 32.2. The van der Waals surface area contributed by atoms with E-state index in [1.165, 1.54) is 24.3 Å². The largest absolute Gasteiger partial charge is 0.462 e. The Bertz CT molecular complexity index is 1050. The van der Waals surface area contributed by atoms with E-state index in [1.807, 2.05) is 0 Å². The minimum Gasteiger partial charge on any atom is -0.462 e. The second-order valence-corrected chi connectivity index (χ2v) is 8.44. The van der Waals surface area contributed by atoms with Gasteiger partial charge in [0.1, 0.15) is 0 Å². The number of carbonyl (C=O) groups excluding carboxylic acids is 3. The van der Waals surface area contributed by atoms with Gasteiger partial charge in [-0.2, -0.15) is 0 Å². The van der Waals surface area contributed by atoms with E-state index in [9.17, 15) is 22.8 Å². The van der Waals surface area contributed by atoms with E-state index in [1.54, 1.807) is 38.1 Å². The SMILES string of the molecule is CCOC(=O)c1ccc(NC(=O)c2ccc(N3C(=O)C(C)CS3(=O)=O)cc2)cc1. The topological polar surface area (TPSA) is 110 Å². The van der Waals surface area contributed by atoms with Crippen LogP contribution in [0.2, 0.25) is 0 Å². The van der Waals surface area contributed by atoms with Gasteiger partial charge < -0.3 is 10.1 Å². The molecule has 1 aliphatic heterocycles. The third-order valence-electron chi connectivity index (χ3n) is 4.38. The minimum atomic E-state index is -3.69. The van der Waals surface area contributed by atoms with E-state index in [0.29, 0.717) is 16.8 Å². The monoisotopic (exact) mass is 416 g/mol. The summed E-state index contributed by atoms with van der Waals surface area (Å²) < 4.78 is 30.0. The van der Waals surface area contributed by atoms with Crippen LogP contribution in [0.3, 0.4) is 0 Å². The average Bonchev–Trinajstić information content (AvgIpc) is 2.89. The van der Waals surface area contributed by atoms with E-state index in [-0.39, 0.29) is 18.0 Å². The smallest absolute Gasteiger partial charge is 0.338 e. The van der Waals surface area contributed by atoms with Gasteiger partial charge in [0, 0.05) is 11.3 Å². The highest BCUT2D eigenvalue weighted by molar-refractivity contribution is 7.94. The molecule has 1 atom stereocenters. The van der Waals surface area contributed by atoms with Crippen LogP contribution in [0.1, 0.15) is 34.6 Å². The van der Waals surface area contributed by atoms with Crippen LogP contribution in [0.4, 0.5) is 11.4 Å². The molecule has 1 saturated heterocycles. The Morgan fingerprint density at radius 3 is 2.17 bits per heavy atom. The predicted molar refractivity (Wildman–Crippen MR) is 107 cm³/mol. The second kappa shape index (κ2) is 8.04. The molecule has 0 aromatic heterocycles. The summed E-state index contributed by atoms with van der Waals surface area (Å²) in [6, 6.07) is 12.0. The lowest BCUT2D eigenvalue weighted by molar-refractivity contribution is -0.119. The first kappa shape index (κ1) is 20.5. The Balaban J connectivity index is 1.71. The normalized spacial score (nSPS) is 17.8. The van der Waals surface area contributed by atoms with Crippen molar-refractivity contribution in [2.75, 3.05) is 22.0 Å². The number of esters is 1. The van der Waals surface area contributed by atoms with Crippen LogP contribution < -0.4 is 9.62 Å². The molecule has 1 fully saturated rings. The number of amides is 2. The van der Waals surface area contributed by atoms with E-state index in [2.05, 4.69) is 5.32 Å². The number of benzene rings is 2. The molecule has 0 bridgehead atoms. The molecule has 29 heavy (non-hydrogen) atoms. The Labute approximate surface area is 168 Å². The van der Waals surface area contributed by atoms with Crippen LogP contribution in [-0.4, -0.2) is 38.6 Å². The molecule has 8 nitrogen and oxygen atoms in total. The van der Waals surface area contributed by atoms with Gasteiger partial charge in [0.05, 0.1) is 29.5 Å². The van der Waals surface area contributed by atoms with Crippen LogP contribution in [0.25, 0.3) is 0 Å². The number of carbonyl (C=O) groups is 3. The zero-order chi connectivity index (χ0) is 21.2. The lowest BCUT2D eigenvalue weighted by Crippen LogP contribution is -2.30. The molecular weight excluding hydrogens is 396 g/mol. The first-order valence-electron chi connectivity index (χ1n) is 8.98. The zero-order valence-corrected chi connectivity index (χ0v) is 16.7. The van der Waals surface area contributed by atoms with E-state index >= 15 is 0 Å². The van der Waals surface area contributed by atoms with Crippen molar-refractivity contribution in [2.45, 2.75) is 13.8 Å². The number of anilines is 2. The summed E-state index contributed by atoms with van der Waals surface area (Å²) in [5.41, 5.74) is 1.35. The van der Waals surface area contributed by atoms with Crippen molar-refractivity contribution in [3.63, 3.8) is 0 Å². The maximum absolute atomic E-state index is 12.4. The first-order chi connectivity index (χ1) is 13.7. The molecular formula is C20H20N2O6S. The van der Waals surface area contributed by atoms with Gasteiger partial charge in [0.25, 0.3) is 5.91 Å². The molecule has 3 rings (SSSR count). The Hall–Kier alpha value is -3.20. The zero-order valence-electron chi connectivity index (χ0n) is 15.9. The molecule has 0 aliphatic carbocycles. The fourth-order valence-corrected chi connectivity index (χ4v) is 4.76. The molecule has 1 unspecified atom stereocenters. The number of nitrogens with zero attached hydrogens (tertiary/aromatic N) is 1. The Morgan fingerprint density at radius 1 is 1.07 bits per heavy atom. The second-order valence-electron chi connectivity index (χ2n) is 6.58. The summed E-state index contributed by atoms with van der Waals surface area (Å²) in [6.07, 6.45) is 0. The molecule has 1 N–H and O–H groups in total. The molecule has 0 radical (unpaired) electrons. The van der Waals surface area contributed by atoms with Crippen molar-refractivity contribution in [3.05, 3.63) is 59.7 Å². The summed E-state index contributed by atoms with van der Waals surface area (Å²) in [4.78, 5) is 36.2. The molecule has 0 saturated carbocycles. The first-order valence-corrected chi connectivity index (χ1v) is 10.6. The van der Waals surface area contributed by atoms with Gasteiger partial charge in [-0.25, -0.2) is 17.5 Å². The molecule has 0 spiro atoms. The summed E-state index contributed by atoms with van der Waals surface area (Å²) in [5.74, 6) is -2.16. The van der Waals surface area contributed by atoms with Gasteiger partial charge in [0.15, 0.2) is 0 Å². The fraction of sp³-hybridized carbons (Fsp3) is 0.250. The summed E-state index contributed by atoms with van der Waals surface area (Å²) in [5, 5.41) is 2.69. The summed E-state index contributed by atoms with van der Waals surface area (Å²) in [6.45, 7) is 3.55. The minimum absolute atomic E-state index is 0.203. The van der Waals surface area contributed by atoms with Gasteiger partial charge >= 0.3 is 5.97 Å². The molecule has 2 aromatic rings. The number of nitrogens with one attached hydrogen (secondary N) is 1. The van der Waals surface area contributed by atoms with Crippen LogP contribution in [-0.2, 0) is 19.6 Å². The third kappa shape index (κ3) is 4.29. The number of sulfonamides is 1.